The molecule has 9 heteroatoms. The second-order valence-corrected chi connectivity index (χ2v) is 8.62. The van der Waals surface area contributed by atoms with Gasteiger partial charge in [0.15, 0.2) is 9.84 Å². The van der Waals surface area contributed by atoms with E-state index in [0.717, 1.165) is 6.26 Å². The van der Waals surface area contributed by atoms with Crippen molar-refractivity contribution in [1.29, 1.82) is 5.26 Å². The van der Waals surface area contributed by atoms with Gasteiger partial charge >= 0.3 is 0 Å². The normalized spacial score (nSPS) is 11.2. The van der Waals surface area contributed by atoms with Gasteiger partial charge in [0, 0.05) is 17.3 Å². The van der Waals surface area contributed by atoms with E-state index < -0.39 is 15.7 Å². The summed E-state index contributed by atoms with van der Waals surface area (Å²) >= 11 is 6.21. The molecule has 0 fully saturated rings. The number of hydrogen-bond acceptors (Lipinski definition) is 6. The van der Waals surface area contributed by atoms with E-state index in [0.29, 0.717) is 27.7 Å². The van der Waals surface area contributed by atoms with Crippen molar-refractivity contribution in [2.24, 2.45) is 5.73 Å². The van der Waals surface area contributed by atoms with Crippen LogP contribution in [0.5, 0.6) is 0 Å². The molecular weight excluding hydrogens is 400 g/mol. The van der Waals surface area contributed by atoms with Crippen molar-refractivity contribution in [3.8, 4) is 6.07 Å². The Labute approximate surface area is 166 Å². The smallest absolute Gasteiger partial charge is 0.253 e. The molecule has 0 radical (unpaired) electrons. The van der Waals surface area contributed by atoms with Gasteiger partial charge in [0.1, 0.15) is 10.7 Å². The Balaban J connectivity index is 2.39. The van der Waals surface area contributed by atoms with Crippen LogP contribution in [0.3, 0.4) is 0 Å². The Kier molecular flexibility index (Phi) is 4.98. The number of nitrogens with two attached hydrogens (primary N) is 1. The summed E-state index contributed by atoms with van der Waals surface area (Å²) in [5.74, 6) is -0.819. The van der Waals surface area contributed by atoms with Crippen LogP contribution < -0.4 is 11.1 Å². The predicted molar refractivity (Wildman–Crippen MR) is 108 cm³/mol. The first-order valence-corrected chi connectivity index (χ1v) is 10.3. The van der Waals surface area contributed by atoms with Gasteiger partial charge in [0.25, 0.3) is 5.91 Å². The van der Waals surface area contributed by atoms with Gasteiger partial charge in [-0.2, -0.15) is 5.26 Å². The summed E-state index contributed by atoms with van der Waals surface area (Å²) < 4.78 is 24.1. The molecule has 0 aliphatic rings. The SMILES string of the molecule is Cc1cc(S(C)(=O)=O)cc2c(Nc3cccc(C#N)c3)c(C(N)=O)c(Cl)nc12. The molecule has 7 nitrogen and oxygen atoms in total. The minimum Gasteiger partial charge on any atom is -0.365 e. The van der Waals surface area contributed by atoms with E-state index >= 15 is 0 Å². The lowest BCUT2D eigenvalue weighted by molar-refractivity contribution is 0.100. The number of fused-ring (bicyclic) bond motifs is 1. The summed E-state index contributed by atoms with van der Waals surface area (Å²) in [4.78, 5) is 16.4. The van der Waals surface area contributed by atoms with Crippen LogP contribution in [0.4, 0.5) is 11.4 Å². The second kappa shape index (κ2) is 7.11. The largest absolute Gasteiger partial charge is 0.365 e. The topological polar surface area (TPSA) is 126 Å². The van der Waals surface area contributed by atoms with E-state index in [1.54, 1.807) is 31.2 Å². The van der Waals surface area contributed by atoms with Gasteiger partial charge in [-0.1, -0.05) is 17.7 Å². The summed E-state index contributed by atoms with van der Waals surface area (Å²) in [5.41, 5.74) is 7.58. The average Bonchev–Trinajstić information content (AvgIpc) is 2.61. The summed E-state index contributed by atoms with van der Waals surface area (Å²) in [7, 11) is -3.51. The lowest BCUT2D eigenvalue weighted by atomic mass is 10.0. The number of aryl methyl sites for hydroxylation is 1. The molecule has 1 aromatic heterocycles. The number of sulfone groups is 1. The van der Waals surface area contributed by atoms with Crippen LogP contribution in [0.1, 0.15) is 21.5 Å². The highest BCUT2D eigenvalue weighted by Crippen LogP contribution is 2.36. The molecule has 0 aliphatic heterocycles. The number of anilines is 2. The van der Waals surface area contributed by atoms with Gasteiger partial charge in [-0.25, -0.2) is 13.4 Å². The van der Waals surface area contributed by atoms with E-state index in [2.05, 4.69) is 10.3 Å². The van der Waals surface area contributed by atoms with Crippen LogP contribution >= 0.6 is 11.6 Å². The van der Waals surface area contributed by atoms with Crippen LogP contribution in [-0.4, -0.2) is 25.6 Å². The molecule has 0 unspecified atom stereocenters. The van der Waals surface area contributed by atoms with Crippen molar-refractivity contribution in [2.75, 3.05) is 11.6 Å². The third-order valence-electron chi connectivity index (χ3n) is 4.15. The van der Waals surface area contributed by atoms with E-state index in [9.17, 15) is 13.2 Å². The zero-order chi connectivity index (χ0) is 20.6. The number of halogens is 1. The van der Waals surface area contributed by atoms with E-state index in [-0.39, 0.29) is 21.3 Å². The number of carbonyl (C=O) groups is 1. The van der Waals surface area contributed by atoms with Crippen molar-refractivity contribution in [2.45, 2.75) is 11.8 Å². The highest BCUT2D eigenvalue weighted by Gasteiger charge is 2.21. The van der Waals surface area contributed by atoms with Crippen LogP contribution in [0.2, 0.25) is 5.15 Å². The Hall–Kier alpha value is -3.15. The van der Waals surface area contributed by atoms with E-state index in [1.807, 2.05) is 6.07 Å². The fourth-order valence-electron chi connectivity index (χ4n) is 2.86. The first-order valence-electron chi connectivity index (χ1n) is 8.02. The molecule has 1 heterocycles. The number of amides is 1. The third-order valence-corrected chi connectivity index (χ3v) is 5.51. The summed E-state index contributed by atoms with van der Waals surface area (Å²) in [6.07, 6.45) is 1.09. The maximum Gasteiger partial charge on any atom is 0.253 e. The fraction of sp³-hybridized carbons (Fsp3) is 0.105. The number of primary amides is 1. The highest BCUT2D eigenvalue weighted by atomic mass is 35.5. The maximum absolute atomic E-state index is 12.1. The standard InChI is InChI=1S/C19H15ClN4O3S/c1-10-6-13(28(2,26)27)8-14-16(10)24-18(20)15(19(22)25)17(14)23-12-5-3-4-11(7-12)9-21/h3-8H,1-2H3,(H2,22,25)(H,23,24). The summed E-state index contributed by atoms with van der Waals surface area (Å²) in [6, 6.07) is 11.5. The van der Waals surface area contributed by atoms with Crippen molar-refractivity contribution >= 4 is 49.6 Å². The molecule has 0 saturated heterocycles. The van der Waals surface area contributed by atoms with Crippen molar-refractivity contribution < 1.29 is 13.2 Å². The molecular formula is C19H15ClN4O3S. The minimum atomic E-state index is -3.51. The number of nitriles is 1. The monoisotopic (exact) mass is 414 g/mol. The van der Waals surface area contributed by atoms with Crippen molar-refractivity contribution in [3.05, 3.63) is 58.2 Å². The molecule has 142 valence electrons. The Morgan fingerprint density at radius 1 is 1.29 bits per heavy atom. The number of benzene rings is 2. The Bertz CT molecular complexity index is 1280. The van der Waals surface area contributed by atoms with Gasteiger partial charge < -0.3 is 11.1 Å². The second-order valence-electron chi connectivity index (χ2n) is 6.24. The summed E-state index contributed by atoms with van der Waals surface area (Å²) in [6.45, 7) is 1.70. The molecule has 3 aromatic rings. The van der Waals surface area contributed by atoms with Gasteiger partial charge in [0.2, 0.25) is 0 Å². The number of nitrogens with zero attached hydrogens (tertiary/aromatic N) is 2. The molecule has 2 aromatic carbocycles. The molecule has 0 bridgehead atoms. The molecule has 1 amide bonds. The molecule has 0 spiro atoms. The number of pyridine rings is 1. The third kappa shape index (κ3) is 3.63. The van der Waals surface area contributed by atoms with Gasteiger partial charge in [-0.05, 0) is 42.8 Å². The van der Waals surface area contributed by atoms with Crippen molar-refractivity contribution in [1.82, 2.24) is 4.98 Å². The zero-order valence-corrected chi connectivity index (χ0v) is 16.5. The van der Waals surface area contributed by atoms with E-state index in [4.69, 9.17) is 22.6 Å². The molecule has 3 N–H and O–H groups in total. The molecule has 3 rings (SSSR count). The lowest BCUT2D eigenvalue weighted by Gasteiger charge is -2.16. The Morgan fingerprint density at radius 2 is 2.00 bits per heavy atom. The highest BCUT2D eigenvalue weighted by molar-refractivity contribution is 7.90. The number of nitrogens with one attached hydrogen (secondary N) is 1. The number of carbonyl (C=O) groups excluding carboxylic acids is 1. The average molecular weight is 415 g/mol. The van der Waals surface area contributed by atoms with Crippen LogP contribution in [0.15, 0.2) is 41.3 Å². The fourth-order valence-corrected chi connectivity index (χ4v) is 3.85. The predicted octanol–water partition coefficient (Wildman–Crippen LogP) is 3.31. The van der Waals surface area contributed by atoms with Crippen molar-refractivity contribution in [3.63, 3.8) is 0 Å². The molecule has 0 saturated carbocycles. The molecule has 28 heavy (non-hydrogen) atoms. The summed E-state index contributed by atoms with van der Waals surface area (Å²) in [5, 5.41) is 12.4. The van der Waals surface area contributed by atoms with Gasteiger partial charge in [0.05, 0.1) is 27.7 Å². The van der Waals surface area contributed by atoms with Crippen LogP contribution in [0.25, 0.3) is 10.9 Å². The minimum absolute atomic E-state index is 0.0680. The number of hydrogen-bond donors (Lipinski definition) is 2. The van der Waals surface area contributed by atoms with Crippen LogP contribution in [0, 0.1) is 18.3 Å². The van der Waals surface area contributed by atoms with Gasteiger partial charge in [-0.15, -0.1) is 0 Å². The molecule has 0 aliphatic carbocycles. The zero-order valence-electron chi connectivity index (χ0n) is 14.9. The quantitative estimate of drug-likeness (QED) is 0.630. The Morgan fingerprint density at radius 3 is 2.61 bits per heavy atom. The van der Waals surface area contributed by atoms with Crippen LogP contribution in [-0.2, 0) is 9.84 Å². The number of aromatic nitrogens is 1. The maximum atomic E-state index is 12.1. The first-order chi connectivity index (χ1) is 13.1. The first kappa shape index (κ1) is 19.6. The lowest BCUT2D eigenvalue weighted by Crippen LogP contribution is -2.15. The number of rotatable bonds is 4. The van der Waals surface area contributed by atoms with E-state index in [1.165, 1.54) is 12.1 Å². The van der Waals surface area contributed by atoms with Gasteiger partial charge in [-0.3, -0.25) is 4.79 Å². The molecule has 0 atom stereocenters.